The predicted molar refractivity (Wildman–Crippen MR) is 92.9 cm³/mol. The lowest BCUT2D eigenvalue weighted by Gasteiger charge is -2.19. The fraction of sp³-hybridized carbons (Fsp3) is 0.529. The van der Waals surface area contributed by atoms with Crippen molar-refractivity contribution < 1.29 is 9.59 Å². The van der Waals surface area contributed by atoms with Gasteiger partial charge in [-0.2, -0.15) is 0 Å². The molecule has 1 aliphatic carbocycles. The predicted octanol–water partition coefficient (Wildman–Crippen LogP) is 2.76. The Labute approximate surface area is 142 Å². The zero-order valence-corrected chi connectivity index (χ0v) is 14.4. The molecule has 5 nitrogen and oxygen atoms in total. The first-order valence-electron chi connectivity index (χ1n) is 8.14. The number of nitrogens with zero attached hydrogens (tertiary/aromatic N) is 1. The van der Waals surface area contributed by atoms with Crippen LogP contribution in [0, 0.1) is 5.92 Å². The van der Waals surface area contributed by atoms with Crippen LogP contribution in [0.1, 0.15) is 37.0 Å². The van der Waals surface area contributed by atoms with E-state index in [0.717, 1.165) is 12.5 Å². The number of nitrogens with one attached hydrogen (secondary N) is 2. The van der Waals surface area contributed by atoms with Gasteiger partial charge < -0.3 is 15.5 Å². The molecule has 0 aliphatic heterocycles. The van der Waals surface area contributed by atoms with Crippen LogP contribution in [0.25, 0.3) is 0 Å². The summed E-state index contributed by atoms with van der Waals surface area (Å²) in [5, 5.41) is 6.28. The highest BCUT2D eigenvalue weighted by atomic mass is 35.5. The second-order valence-corrected chi connectivity index (χ2v) is 6.20. The van der Waals surface area contributed by atoms with Gasteiger partial charge in [-0.15, -0.1) is 0 Å². The maximum atomic E-state index is 12.3. The van der Waals surface area contributed by atoms with Gasteiger partial charge in [0.2, 0.25) is 5.91 Å². The molecule has 1 saturated carbocycles. The van der Waals surface area contributed by atoms with Gasteiger partial charge in [-0.25, -0.2) is 0 Å². The normalized spacial score (nSPS) is 13.7. The summed E-state index contributed by atoms with van der Waals surface area (Å²) >= 11 is 6.21. The van der Waals surface area contributed by atoms with Crippen LogP contribution in [0.3, 0.4) is 0 Å². The number of carbonyl (C=O) groups excluding carboxylic acids is 2. The summed E-state index contributed by atoms with van der Waals surface area (Å²) in [7, 11) is 0. The minimum absolute atomic E-state index is 0.0935. The van der Waals surface area contributed by atoms with E-state index in [1.54, 1.807) is 23.1 Å². The lowest BCUT2D eigenvalue weighted by Crippen LogP contribution is -2.31. The summed E-state index contributed by atoms with van der Waals surface area (Å²) in [6, 6.07) is 4.99. The first-order chi connectivity index (χ1) is 11.0. The molecule has 0 atom stereocenters. The van der Waals surface area contributed by atoms with Crippen molar-refractivity contribution in [1.29, 1.82) is 0 Å². The van der Waals surface area contributed by atoms with Crippen molar-refractivity contribution in [3.63, 3.8) is 0 Å². The number of benzene rings is 1. The molecule has 1 fully saturated rings. The van der Waals surface area contributed by atoms with E-state index in [0.29, 0.717) is 29.4 Å². The maximum Gasteiger partial charge on any atom is 0.255 e. The Morgan fingerprint density at radius 3 is 2.52 bits per heavy atom. The summed E-state index contributed by atoms with van der Waals surface area (Å²) in [5.41, 5.74) is 1.06. The van der Waals surface area contributed by atoms with E-state index in [2.05, 4.69) is 10.6 Å². The van der Waals surface area contributed by atoms with E-state index in [1.807, 2.05) is 13.8 Å². The number of hydrogen-bond acceptors (Lipinski definition) is 3. The number of carbonyl (C=O) groups is 2. The van der Waals surface area contributed by atoms with E-state index < -0.39 is 0 Å². The number of halogens is 1. The van der Waals surface area contributed by atoms with Crippen molar-refractivity contribution in [2.24, 2.45) is 5.92 Å². The van der Waals surface area contributed by atoms with Crippen LogP contribution in [0.2, 0.25) is 5.02 Å². The average Bonchev–Trinajstić information content (AvgIpc) is 3.32. The molecule has 23 heavy (non-hydrogen) atoms. The molecule has 0 saturated heterocycles. The van der Waals surface area contributed by atoms with Crippen LogP contribution in [0.4, 0.5) is 5.69 Å². The third kappa shape index (κ3) is 5.22. The molecule has 2 rings (SSSR count). The minimum Gasteiger partial charge on any atom is -0.339 e. The summed E-state index contributed by atoms with van der Waals surface area (Å²) in [6.07, 6.45) is 2.51. The van der Waals surface area contributed by atoms with Crippen LogP contribution < -0.4 is 10.6 Å². The summed E-state index contributed by atoms with van der Waals surface area (Å²) in [6.45, 7) is 6.31. The van der Waals surface area contributed by atoms with E-state index in [1.165, 1.54) is 12.8 Å². The molecular weight excluding hydrogens is 314 g/mol. The molecule has 0 unspecified atom stereocenters. The second-order valence-electron chi connectivity index (χ2n) is 5.79. The Morgan fingerprint density at radius 1 is 1.26 bits per heavy atom. The smallest absolute Gasteiger partial charge is 0.255 e. The van der Waals surface area contributed by atoms with E-state index in [9.17, 15) is 9.59 Å². The number of rotatable bonds is 8. The Kier molecular flexibility index (Phi) is 6.42. The second kappa shape index (κ2) is 8.31. The first-order valence-corrected chi connectivity index (χ1v) is 8.52. The molecule has 6 heteroatoms. The molecule has 2 amide bonds. The van der Waals surface area contributed by atoms with Gasteiger partial charge in [-0.05, 0) is 57.4 Å². The molecular formula is C17H24ClN3O2. The lowest BCUT2D eigenvalue weighted by molar-refractivity contribution is -0.115. The molecule has 1 aromatic carbocycles. The zero-order valence-electron chi connectivity index (χ0n) is 13.7. The van der Waals surface area contributed by atoms with Crippen molar-refractivity contribution in [2.75, 3.05) is 31.5 Å². The fourth-order valence-corrected chi connectivity index (χ4v) is 2.63. The lowest BCUT2D eigenvalue weighted by atomic mass is 10.1. The topological polar surface area (TPSA) is 61.4 Å². The van der Waals surface area contributed by atoms with Crippen molar-refractivity contribution in [1.82, 2.24) is 10.2 Å². The highest BCUT2D eigenvalue weighted by Crippen LogP contribution is 2.27. The molecule has 1 aromatic rings. The largest absolute Gasteiger partial charge is 0.339 e. The monoisotopic (exact) mass is 337 g/mol. The Bertz CT molecular complexity index is 569. The van der Waals surface area contributed by atoms with Crippen molar-refractivity contribution in [2.45, 2.75) is 26.7 Å². The van der Waals surface area contributed by atoms with Crippen LogP contribution in [-0.4, -0.2) is 42.9 Å². The molecule has 0 bridgehead atoms. The molecule has 0 spiro atoms. The van der Waals surface area contributed by atoms with Gasteiger partial charge >= 0.3 is 0 Å². The first kappa shape index (κ1) is 17.8. The van der Waals surface area contributed by atoms with Crippen molar-refractivity contribution in [3.05, 3.63) is 28.8 Å². The third-order valence-electron chi connectivity index (χ3n) is 3.95. The molecule has 0 aromatic heterocycles. The van der Waals surface area contributed by atoms with Gasteiger partial charge in [0, 0.05) is 18.8 Å². The highest BCUT2D eigenvalue weighted by Gasteiger charge is 2.20. The Hall–Kier alpha value is -1.59. The quantitative estimate of drug-likeness (QED) is 0.766. The molecule has 2 N–H and O–H groups in total. The van der Waals surface area contributed by atoms with E-state index in [4.69, 9.17) is 11.6 Å². The van der Waals surface area contributed by atoms with Gasteiger partial charge in [0.15, 0.2) is 0 Å². The Morgan fingerprint density at radius 2 is 1.96 bits per heavy atom. The zero-order chi connectivity index (χ0) is 16.8. The van der Waals surface area contributed by atoms with Gasteiger partial charge in [-0.1, -0.05) is 11.6 Å². The summed E-state index contributed by atoms with van der Waals surface area (Å²) in [5.74, 6) is 0.538. The van der Waals surface area contributed by atoms with Crippen LogP contribution in [0.15, 0.2) is 18.2 Å². The molecule has 0 radical (unpaired) electrons. The Balaban J connectivity index is 1.92. The number of amides is 2. The van der Waals surface area contributed by atoms with Gasteiger partial charge in [0.05, 0.1) is 17.1 Å². The van der Waals surface area contributed by atoms with Crippen molar-refractivity contribution >= 4 is 29.1 Å². The van der Waals surface area contributed by atoms with E-state index >= 15 is 0 Å². The van der Waals surface area contributed by atoms with Gasteiger partial charge in [-0.3, -0.25) is 9.59 Å². The molecule has 126 valence electrons. The highest BCUT2D eigenvalue weighted by molar-refractivity contribution is 6.34. The minimum atomic E-state index is -0.107. The number of anilines is 1. The van der Waals surface area contributed by atoms with Gasteiger partial charge in [0.1, 0.15) is 0 Å². The van der Waals surface area contributed by atoms with Crippen LogP contribution >= 0.6 is 11.6 Å². The standard InChI is InChI=1S/C17H24ClN3O2/c1-3-21(4-2)17(23)14-8-7-13(9-15(14)18)20-16(22)11-19-10-12-5-6-12/h7-9,12,19H,3-6,10-11H2,1-2H3,(H,20,22). The maximum absolute atomic E-state index is 12.3. The fourth-order valence-electron chi connectivity index (χ4n) is 2.36. The summed E-state index contributed by atoms with van der Waals surface area (Å²) < 4.78 is 0. The number of hydrogen-bond donors (Lipinski definition) is 2. The average molecular weight is 338 g/mol. The summed E-state index contributed by atoms with van der Waals surface area (Å²) in [4.78, 5) is 25.9. The van der Waals surface area contributed by atoms with Gasteiger partial charge in [0.25, 0.3) is 5.91 Å². The third-order valence-corrected chi connectivity index (χ3v) is 4.26. The van der Waals surface area contributed by atoms with Crippen molar-refractivity contribution in [3.8, 4) is 0 Å². The SMILES string of the molecule is CCN(CC)C(=O)c1ccc(NC(=O)CNCC2CC2)cc1Cl. The van der Waals surface area contributed by atoms with Crippen LogP contribution in [-0.2, 0) is 4.79 Å². The molecule has 0 heterocycles. The van der Waals surface area contributed by atoms with Crippen LogP contribution in [0.5, 0.6) is 0 Å². The van der Waals surface area contributed by atoms with E-state index in [-0.39, 0.29) is 18.4 Å². The molecule has 1 aliphatic rings.